The van der Waals surface area contributed by atoms with Crippen LogP contribution in [-0.4, -0.2) is 0 Å². The largest absolute Gasteiger partial charge is 0.198 e. The number of aryl methyl sites for hydroxylation is 2. The van der Waals surface area contributed by atoms with Crippen molar-refractivity contribution in [3.05, 3.63) is 70.8 Å². The van der Waals surface area contributed by atoms with Gasteiger partial charge in [0.25, 0.3) is 0 Å². The van der Waals surface area contributed by atoms with Crippen LogP contribution < -0.4 is 0 Å². The fraction of sp³-hybridized carbons (Fsp3) is 0.417. The highest BCUT2D eigenvalue weighted by molar-refractivity contribution is 5.33. The van der Waals surface area contributed by atoms with Gasteiger partial charge in [0.15, 0.2) is 0 Å². The normalized spacial score (nSPS) is 8.85. The Kier molecular flexibility index (Phi) is 14.5. The third-order valence-corrected chi connectivity index (χ3v) is 3.38. The lowest BCUT2D eigenvalue weighted by Gasteiger charge is -2.15. The van der Waals surface area contributed by atoms with E-state index < -0.39 is 0 Å². The molecular weight excluding hydrogens is 316 g/mol. The maximum Gasteiger partial charge on any atom is 0.0766 e. The average Bonchev–Trinajstić information content (AvgIpc) is 2.66. The lowest BCUT2D eigenvalue weighted by atomic mass is 9.86. The Labute approximate surface area is 161 Å². The zero-order chi connectivity index (χ0) is 20.6. The Morgan fingerprint density at radius 2 is 1.31 bits per heavy atom. The second-order valence-corrected chi connectivity index (χ2v) is 5.93. The summed E-state index contributed by atoms with van der Waals surface area (Å²) in [6.07, 6.45) is 0.516. The molecule has 2 nitrogen and oxygen atoms in total. The van der Waals surface area contributed by atoms with E-state index in [1.54, 1.807) is 0 Å². The lowest BCUT2D eigenvalue weighted by Crippen LogP contribution is -2.13. The summed E-state index contributed by atoms with van der Waals surface area (Å²) in [7, 11) is 0. The standard InChI is InChI=1S/C11H13N.C9H9N.2C2H6/c1-9-5-4-6-10(7-9)11(2,3)8-12;1-8-3-2-4-9(7-8)5-6-10;2*1-2/h4-7H,1-3H3;2-4,7H,5H2,1H3;2*1-2H3. The molecule has 0 aliphatic rings. The van der Waals surface area contributed by atoms with Crippen LogP contribution in [0.4, 0.5) is 0 Å². The highest BCUT2D eigenvalue weighted by Gasteiger charge is 2.18. The summed E-state index contributed by atoms with van der Waals surface area (Å²) < 4.78 is 0. The molecule has 0 N–H and O–H groups in total. The first-order valence-electron chi connectivity index (χ1n) is 9.30. The molecule has 0 radical (unpaired) electrons. The second-order valence-electron chi connectivity index (χ2n) is 5.93. The van der Waals surface area contributed by atoms with E-state index >= 15 is 0 Å². The third kappa shape index (κ3) is 10.3. The van der Waals surface area contributed by atoms with Crippen LogP contribution in [0.2, 0.25) is 0 Å². The number of benzene rings is 2. The van der Waals surface area contributed by atoms with E-state index in [1.807, 2.05) is 97.9 Å². The Hall–Kier alpha value is -2.58. The van der Waals surface area contributed by atoms with Gasteiger partial charge in [-0.1, -0.05) is 87.4 Å². The van der Waals surface area contributed by atoms with Gasteiger partial charge in [0.05, 0.1) is 24.0 Å². The second kappa shape index (κ2) is 14.7. The average molecular weight is 351 g/mol. The van der Waals surface area contributed by atoms with Crippen molar-refractivity contribution in [3.63, 3.8) is 0 Å². The van der Waals surface area contributed by atoms with Crippen molar-refractivity contribution >= 4 is 0 Å². The Balaban J connectivity index is 0. The summed E-state index contributed by atoms with van der Waals surface area (Å²) in [5.41, 5.74) is 4.24. The van der Waals surface area contributed by atoms with Crippen LogP contribution in [0.3, 0.4) is 0 Å². The van der Waals surface area contributed by atoms with Gasteiger partial charge in [-0.15, -0.1) is 0 Å². The van der Waals surface area contributed by atoms with Crippen molar-refractivity contribution in [1.29, 1.82) is 10.5 Å². The number of hydrogen-bond acceptors (Lipinski definition) is 2. The van der Waals surface area contributed by atoms with E-state index in [0.717, 1.165) is 11.1 Å². The molecule has 0 aliphatic carbocycles. The molecule has 2 aromatic rings. The number of nitriles is 2. The van der Waals surface area contributed by atoms with Crippen LogP contribution in [0.1, 0.15) is 63.8 Å². The fourth-order valence-corrected chi connectivity index (χ4v) is 2.01. The number of nitrogens with zero attached hydrogens (tertiary/aromatic N) is 2. The van der Waals surface area contributed by atoms with Crippen LogP contribution in [0.25, 0.3) is 0 Å². The van der Waals surface area contributed by atoms with Crippen molar-refractivity contribution < 1.29 is 0 Å². The Bertz CT molecular complexity index is 701. The molecule has 0 saturated heterocycles. The molecule has 2 aromatic carbocycles. The summed E-state index contributed by atoms with van der Waals surface area (Å²) >= 11 is 0. The van der Waals surface area contributed by atoms with Gasteiger partial charge in [-0.2, -0.15) is 10.5 Å². The molecule has 0 spiro atoms. The van der Waals surface area contributed by atoms with Gasteiger partial charge in [-0.05, 0) is 38.8 Å². The molecule has 0 atom stereocenters. The summed E-state index contributed by atoms with van der Waals surface area (Å²) in [4.78, 5) is 0. The maximum absolute atomic E-state index is 8.89. The van der Waals surface area contributed by atoms with E-state index in [-0.39, 0.29) is 5.41 Å². The SMILES string of the molecule is CC.CC.Cc1cccc(C(C)(C)C#N)c1.Cc1cccc(CC#N)c1. The molecule has 0 amide bonds. The summed E-state index contributed by atoms with van der Waals surface area (Å²) in [5.74, 6) is 0. The van der Waals surface area contributed by atoms with Gasteiger partial charge in [-0.3, -0.25) is 0 Å². The van der Waals surface area contributed by atoms with Crippen LogP contribution in [-0.2, 0) is 11.8 Å². The minimum Gasteiger partial charge on any atom is -0.198 e. The molecule has 2 rings (SSSR count). The van der Waals surface area contributed by atoms with Crippen LogP contribution >= 0.6 is 0 Å². The first-order valence-corrected chi connectivity index (χ1v) is 9.30. The topological polar surface area (TPSA) is 47.6 Å². The summed E-state index contributed by atoms with van der Waals surface area (Å²) in [5, 5.41) is 17.2. The van der Waals surface area contributed by atoms with Gasteiger partial charge in [0.2, 0.25) is 0 Å². The van der Waals surface area contributed by atoms with Gasteiger partial charge in [-0.25, -0.2) is 0 Å². The van der Waals surface area contributed by atoms with Crippen molar-refractivity contribution in [2.45, 2.75) is 67.2 Å². The zero-order valence-corrected chi connectivity index (χ0v) is 17.7. The molecule has 140 valence electrons. The predicted octanol–water partition coefficient (Wildman–Crippen LogP) is 6.91. The maximum atomic E-state index is 8.89. The van der Waals surface area contributed by atoms with E-state index in [9.17, 15) is 0 Å². The third-order valence-electron chi connectivity index (χ3n) is 3.38. The molecular formula is C24H34N2. The van der Waals surface area contributed by atoms with Gasteiger partial charge in [0, 0.05) is 0 Å². The van der Waals surface area contributed by atoms with Crippen LogP contribution in [0.15, 0.2) is 48.5 Å². The van der Waals surface area contributed by atoms with Crippen molar-refractivity contribution in [2.24, 2.45) is 0 Å². The molecule has 26 heavy (non-hydrogen) atoms. The predicted molar refractivity (Wildman–Crippen MR) is 113 cm³/mol. The van der Waals surface area contributed by atoms with E-state index in [4.69, 9.17) is 10.5 Å². The van der Waals surface area contributed by atoms with E-state index in [2.05, 4.69) is 18.2 Å². The molecule has 0 heterocycles. The number of hydrogen-bond donors (Lipinski definition) is 0. The minimum atomic E-state index is -0.369. The van der Waals surface area contributed by atoms with Gasteiger partial charge < -0.3 is 0 Å². The van der Waals surface area contributed by atoms with Crippen molar-refractivity contribution in [2.75, 3.05) is 0 Å². The summed E-state index contributed by atoms with van der Waals surface area (Å²) in [6, 6.07) is 20.5. The summed E-state index contributed by atoms with van der Waals surface area (Å²) in [6.45, 7) is 15.9. The quantitative estimate of drug-likeness (QED) is 0.590. The highest BCUT2D eigenvalue weighted by Crippen LogP contribution is 2.22. The molecule has 0 aliphatic heterocycles. The smallest absolute Gasteiger partial charge is 0.0766 e. The number of rotatable bonds is 2. The fourth-order valence-electron chi connectivity index (χ4n) is 2.01. The Morgan fingerprint density at radius 1 is 0.808 bits per heavy atom. The van der Waals surface area contributed by atoms with Crippen molar-refractivity contribution in [3.8, 4) is 12.1 Å². The first-order chi connectivity index (χ1) is 12.4. The molecule has 0 bridgehead atoms. The van der Waals surface area contributed by atoms with Gasteiger partial charge >= 0.3 is 0 Å². The zero-order valence-electron chi connectivity index (χ0n) is 17.7. The monoisotopic (exact) mass is 350 g/mol. The molecule has 0 saturated carbocycles. The van der Waals surface area contributed by atoms with Gasteiger partial charge in [0.1, 0.15) is 0 Å². The Morgan fingerprint density at radius 3 is 1.73 bits per heavy atom. The molecule has 0 fully saturated rings. The molecule has 0 aromatic heterocycles. The van der Waals surface area contributed by atoms with E-state index in [0.29, 0.717) is 6.42 Å². The van der Waals surface area contributed by atoms with Crippen molar-refractivity contribution in [1.82, 2.24) is 0 Å². The van der Waals surface area contributed by atoms with Crippen LogP contribution in [0.5, 0.6) is 0 Å². The lowest BCUT2D eigenvalue weighted by molar-refractivity contribution is 0.686. The molecule has 0 unspecified atom stereocenters. The highest BCUT2D eigenvalue weighted by atomic mass is 14.3. The van der Waals surface area contributed by atoms with Crippen LogP contribution in [0, 0.1) is 36.5 Å². The van der Waals surface area contributed by atoms with E-state index in [1.165, 1.54) is 11.1 Å². The molecule has 2 heteroatoms. The minimum absolute atomic E-state index is 0.369. The first kappa shape index (κ1) is 25.7.